The van der Waals surface area contributed by atoms with Gasteiger partial charge in [-0.05, 0) is 18.8 Å². The van der Waals surface area contributed by atoms with Gasteiger partial charge in [-0.1, -0.05) is 25.4 Å². The minimum absolute atomic E-state index is 0.599. The van der Waals surface area contributed by atoms with Crippen molar-refractivity contribution in [3.8, 4) is 0 Å². The highest BCUT2D eigenvalue weighted by Crippen LogP contribution is 2.28. The SMILES string of the molecule is CCc1c(Cl)ncnc1N1CC[C@H](C)C1. The van der Waals surface area contributed by atoms with Crippen LogP contribution in [0.2, 0.25) is 5.15 Å². The molecule has 1 atom stereocenters. The average molecular weight is 226 g/mol. The lowest BCUT2D eigenvalue weighted by Gasteiger charge is -2.19. The Hall–Kier alpha value is -0.830. The molecule has 2 heterocycles. The molecule has 1 saturated heterocycles. The van der Waals surface area contributed by atoms with Gasteiger partial charge in [0.15, 0.2) is 0 Å². The molecule has 4 heteroatoms. The lowest BCUT2D eigenvalue weighted by atomic mass is 10.2. The lowest BCUT2D eigenvalue weighted by molar-refractivity contribution is 0.658. The summed E-state index contributed by atoms with van der Waals surface area (Å²) in [6, 6.07) is 0. The van der Waals surface area contributed by atoms with E-state index in [-0.39, 0.29) is 0 Å². The Bertz CT molecular complexity index is 354. The van der Waals surface area contributed by atoms with E-state index in [9.17, 15) is 0 Å². The third-order valence-electron chi connectivity index (χ3n) is 2.95. The quantitative estimate of drug-likeness (QED) is 0.725. The van der Waals surface area contributed by atoms with Crippen LogP contribution in [0.5, 0.6) is 0 Å². The number of rotatable bonds is 2. The van der Waals surface area contributed by atoms with Crippen molar-refractivity contribution in [3.05, 3.63) is 17.0 Å². The monoisotopic (exact) mass is 225 g/mol. The van der Waals surface area contributed by atoms with Gasteiger partial charge < -0.3 is 4.90 Å². The van der Waals surface area contributed by atoms with Gasteiger partial charge in [0.25, 0.3) is 0 Å². The molecule has 0 unspecified atom stereocenters. The Morgan fingerprint density at radius 1 is 1.53 bits per heavy atom. The van der Waals surface area contributed by atoms with Crippen LogP contribution in [-0.2, 0) is 6.42 Å². The molecule has 0 N–H and O–H groups in total. The van der Waals surface area contributed by atoms with E-state index in [1.54, 1.807) is 6.33 Å². The summed E-state index contributed by atoms with van der Waals surface area (Å²) in [5, 5.41) is 0.599. The van der Waals surface area contributed by atoms with Crippen LogP contribution in [0, 0.1) is 5.92 Å². The average Bonchev–Trinajstić information content (AvgIpc) is 2.64. The van der Waals surface area contributed by atoms with Crippen molar-refractivity contribution in [3.63, 3.8) is 0 Å². The van der Waals surface area contributed by atoms with Gasteiger partial charge in [0.05, 0.1) is 0 Å². The number of aromatic nitrogens is 2. The van der Waals surface area contributed by atoms with Crippen molar-refractivity contribution in [1.82, 2.24) is 9.97 Å². The van der Waals surface area contributed by atoms with Gasteiger partial charge in [-0.25, -0.2) is 9.97 Å². The van der Waals surface area contributed by atoms with Crippen LogP contribution >= 0.6 is 11.6 Å². The zero-order chi connectivity index (χ0) is 10.8. The first kappa shape index (κ1) is 10.7. The second kappa shape index (κ2) is 4.35. The third-order valence-corrected chi connectivity index (χ3v) is 3.27. The molecule has 0 bridgehead atoms. The molecule has 1 aliphatic rings. The zero-order valence-corrected chi connectivity index (χ0v) is 9.96. The van der Waals surface area contributed by atoms with Gasteiger partial charge >= 0.3 is 0 Å². The van der Waals surface area contributed by atoms with Crippen LogP contribution in [-0.4, -0.2) is 23.1 Å². The van der Waals surface area contributed by atoms with Crippen LogP contribution in [0.25, 0.3) is 0 Å². The highest BCUT2D eigenvalue weighted by molar-refractivity contribution is 6.30. The fourth-order valence-corrected chi connectivity index (χ4v) is 2.35. The maximum atomic E-state index is 6.07. The van der Waals surface area contributed by atoms with Crippen LogP contribution in [0.1, 0.15) is 25.8 Å². The molecular formula is C11H16ClN3. The molecule has 2 rings (SSSR count). The van der Waals surface area contributed by atoms with E-state index >= 15 is 0 Å². The first-order valence-electron chi connectivity index (χ1n) is 5.46. The molecule has 0 aromatic carbocycles. The maximum absolute atomic E-state index is 6.07. The van der Waals surface area contributed by atoms with E-state index < -0.39 is 0 Å². The van der Waals surface area contributed by atoms with Crippen molar-refractivity contribution in [1.29, 1.82) is 0 Å². The predicted molar refractivity (Wildman–Crippen MR) is 62.4 cm³/mol. The summed E-state index contributed by atoms with van der Waals surface area (Å²) in [7, 11) is 0. The van der Waals surface area contributed by atoms with Crippen molar-refractivity contribution in [2.24, 2.45) is 5.92 Å². The minimum atomic E-state index is 0.599. The zero-order valence-electron chi connectivity index (χ0n) is 9.20. The molecule has 0 saturated carbocycles. The van der Waals surface area contributed by atoms with Crippen LogP contribution < -0.4 is 4.90 Å². The molecule has 0 aliphatic carbocycles. The lowest BCUT2D eigenvalue weighted by Crippen LogP contribution is -2.22. The number of nitrogens with zero attached hydrogens (tertiary/aromatic N) is 3. The molecule has 1 aliphatic heterocycles. The second-order valence-corrected chi connectivity index (χ2v) is 4.52. The normalized spacial score (nSPS) is 21.0. The molecule has 0 spiro atoms. The first-order valence-corrected chi connectivity index (χ1v) is 5.84. The molecule has 3 nitrogen and oxygen atoms in total. The highest BCUT2D eigenvalue weighted by Gasteiger charge is 2.22. The number of hydrogen-bond acceptors (Lipinski definition) is 3. The largest absolute Gasteiger partial charge is 0.356 e. The summed E-state index contributed by atoms with van der Waals surface area (Å²) < 4.78 is 0. The van der Waals surface area contributed by atoms with Gasteiger partial charge in [-0.15, -0.1) is 0 Å². The first-order chi connectivity index (χ1) is 7.22. The molecule has 0 radical (unpaired) electrons. The summed E-state index contributed by atoms with van der Waals surface area (Å²) in [5.41, 5.74) is 1.08. The van der Waals surface area contributed by atoms with Crippen LogP contribution in [0.3, 0.4) is 0 Å². The molecule has 82 valence electrons. The van der Waals surface area contributed by atoms with Crippen molar-refractivity contribution < 1.29 is 0 Å². The Kier molecular flexibility index (Phi) is 3.10. The van der Waals surface area contributed by atoms with Gasteiger partial charge in [0.2, 0.25) is 0 Å². The fraction of sp³-hybridized carbons (Fsp3) is 0.636. The van der Waals surface area contributed by atoms with E-state index in [2.05, 4.69) is 28.7 Å². The maximum Gasteiger partial charge on any atom is 0.137 e. The third kappa shape index (κ3) is 2.07. The van der Waals surface area contributed by atoms with Crippen LogP contribution in [0.15, 0.2) is 6.33 Å². The summed E-state index contributed by atoms with van der Waals surface area (Å²) in [4.78, 5) is 10.7. The predicted octanol–water partition coefficient (Wildman–Crippen LogP) is 2.54. The van der Waals surface area contributed by atoms with E-state index in [0.717, 1.165) is 36.8 Å². The van der Waals surface area contributed by atoms with Crippen molar-refractivity contribution >= 4 is 17.4 Å². The fourth-order valence-electron chi connectivity index (χ4n) is 2.09. The summed E-state index contributed by atoms with van der Waals surface area (Å²) in [6.07, 6.45) is 3.68. The minimum Gasteiger partial charge on any atom is -0.356 e. The number of halogens is 1. The summed E-state index contributed by atoms with van der Waals surface area (Å²) >= 11 is 6.07. The second-order valence-electron chi connectivity index (χ2n) is 4.16. The molecule has 1 aromatic rings. The van der Waals surface area contributed by atoms with E-state index in [0.29, 0.717) is 5.15 Å². The number of anilines is 1. The van der Waals surface area contributed by atoms with Gasteiger partial charge in [0.1, 0.15) is 17.3 Å². The molecule has 1 aromatic heterocycles. The van der Waals surface area contributed by atoms with Crippen molar-refractivity contribution in [2.75, 3.05) is 18.0 Å². The Labute approximate surface area is 95.5 Å². The van der Waals surface area contributed by atoms with E-state index in [4.69, 9.17) is 11.6 Å². The molecule has 0 amide bonds. The Morgan fingerprint density at radius 2 is 2.33 bits per heavy atom. The summed E-state index contributed by atoms with van der Waals surface area (Å²) in [6.45, 7) is 6.53. The molecule has 15 heavy (non-hydrogen) atoms. The Balaban J connectivity index is 2.31. The highest BCUT2D eigenvalue weighted by atomic mass is 35.5. The van der Waals surface area contributed by atoms with E-state index in [1.165, 1.54) is 6.42 Å². The smallest absolute Gasteiger partial charge is 0.137 e. The van der Waals surface area contributed by atoms with Gasteiger partial charge in [-0.2, -0.15) is 0 Å². The molecule has 1 fully saturated rings. The van der Waals surface area contributed by atoms with E-state index in [1.807, 2.05) is 0 Å². The Morgan fingerprint density at radius 3 is 2.93 bits per heavy atom. The van der Waals surface area contributed by atoms with Crippen molar-refractivity contribution in [2.45, 2.75) is 26.7 Å². The van der Waals surface area contributed by atoms with Gasteiger partial charge in [0, 0.05) is 18.7 Å². The molecular weight excluding hydrogens is 210 g/mol. The standard InChI is InChI=1S/C11H16ClN3/c1-3-9-10(12)13-7-14-11(9)15-5-4-8(2)6-15/h7-8H,3-6H2,1-2H3/t8-/m0/s1. The van der Waals surface area contributed by atoms with Crippen LogP contribution in [0.4, 0.5) is 5.82 Å². The topological polar surface area (TPSA) is 29.0 Å². The summed E-state index contributed by atoms with van der Waals surface area (Å²) in [5.74, 6) is 1.78. The van der Waals surface area contributed by atoms with Gasteiger partial charge in [-0.3, -0.25) is 0 Å². The number of hydrogen-bond donors (Lipinski definition) is 0.